The average molecular weight is 393 g/mol. The molecule has 2 aliphatic heterocycles. The maximum Gasteiger partial charge on any atom is 0.407 e. The van der Waals surface area contributed by atoms with Crippen molar-refractivity contribution in [2.45, 2.75) is 70.6 Å². The number of carbonyl (C=O) groups is 2. The Morgan fingerprint density at radius 2 is 2.14 bits per heavy atom. The number of aryl methyl sites for hydroxylation is 1. The van der Waals surface area contributed by atoms with Crippen LogP contribution < -0.4 is 5.32 Å². The summed E-state index contributed by atoms with van der Waals surface area (Å²) in [7, 11) is 0. The first kappa shape index (κ1) is 19.0. The van der Waals surface area contributed by atoms with Gasteiger partial charge >= 0.3 is 12.1 Å². The molecule has 2 N–H and O–H groups in total. The van der Waals surface area contributed by atoms with E-state index >= 15 is 0 Å². The predicted octanol–water partition coefficient (Wildman–Crippen LogP) is 2.25. The van der Waals surface area contributed by atoms with Crippen LogP contribution in [-0.4, -0.2) is 62.2 Å². The maximum absolute atomic E-state index is 12.3. The fourth-order valence-electron chi connectivity index (χ4n) is 4.12. The number of rotatable bonds is 5. The standard InChI is InChI=1S/C18H27N5O5/c1-17(2,3)28-15(24)19-8-4-5-13-20-21-14(27-13)11-9-18(6-7-18)12-10-22(11)16(25)23(12)26/h11-12,26H,4-10H2,1-3H3,(H,19,24)/t11-,12+/m0/s1. The number of carbonyl (C=O) groups excluding carboxylic acids is 2. The van der Waals surface area contributed by atoms with Crippen molar-refractivity contribution in [2.75, 3.05) is 13.1 Å². The minimum Gasteiger partial charge on any atom is -0.444 e. The van der Waals surface area contributed by atoms with Gasteiger partial charge in [-0.2, -0.15) is 0 Å². The highest BCUT2D eigenvalue weighted by molar-refractivity contribution is 5.77. The molecule has 0 radical (unpaired) electrons. The van der Waals surface area contributed by atoms with Gasteiger partial charge in [0.2, 0.25) is 11.8 Å². The molecular formula is C18H27N5O5. The van der Waals surface area contributed by atoms with Crippen molar-refractivity contribution >= 4 is 12.1 Å². The summed E-state index contributed by atoms with van der Waals surface area (Å²) in [5.74, 6) is 0.893. The molecule has 3 aliphatic rings. The van der Waals surface area contributed by atoms with Crippen molar-refractivity contribution in [3.8, 4) is 0 Å². The lowest BCUT2D eigenvalue weighted by Crippen LogP contribution is -2.41. The smallest absolute Gasteiger partial charge is 0.407 e. The fourth-order valence-corrected chi connectivity index (χ4v) is 4.12. The van der Waals surface area contributed by atoms with Crippen LogP contribution in [0.25, 0.3) is 0 Å². The lowest BCUT2D eigenvalue weighted by molar-refractivity contribution is -0.0783. The third kappa shape index (κ3) is 3.52. The molecule has 3 heterocycles. The topological polar surface area (TPSA) is 121 Å². The van der Waals surface area contributed by atoms with E-state index in [0.717, 1.165) is 24.3 Å². The Hall–Kier alpha value is -2.36. The second-order valence-electron chi connectivity index (χ2n) is 8.94. The molecule has 1 spiro atoms. The molecule has 4 rings (SSSR count). The van der Waals surface area contributed by atoms with Crippen molar-refractivity contribution in [2.24, 2.45) is 5.41 Å². The van der Waals surface area contributed by atoms with E-state index in [9.17, 15) is 14.8 Å². The van der Waals surface area contributed by atoms with Gasteiger partial charge in [-0.25, -0.2) is 14.7 Å². The molecule has 154 valence electrons. The first-order chi connectivity index (χ1) is 13.2. The number of nitrogens with zero attached hydrogens (tertiary/aromatic N) is 4. The highest BCUT2D eigenvalue weighted by atomic mass is 16.6. The molecule has 1 saturated carbocycles. The maximum atomic E-state index is 12.3. The summed E-state index contributed by atoms with van der Waals surface area (Å²) in [4.78, 5) is 25.6. The molecular weight excluding hydrogens is 366 g/mol. The van der Waals surface area contributed by atoms with Crippen LogP contribution in [0.2, 0.25) is 0 Å². The number of ether oxygens (including phenoxy) is 1. The van der Waals surface area contributed by atoms with Crippen LogP contribution in [0, 0.1) is 5.41 Å². The zero-order valence-electron chi connectivity index (χ0n) is 16.5. The number of hydrogen-bond donors (Lipinski definition) is 2. The molecule has 1 aromatic heterocycles. The van der Waals surface area contributed by atoms with Gasteiger partial charge in [-0.3, -0.25) is 5.21 Å². The van der Waals surface area contributed by atoms with E-state index in [2.05, 4.69) is 15.5 Å². The Morgan fingerprint density at radius 3 is 2.82 bits per heavy atom. The lowest BCUT2D eigenvalue weighted by atomic mass is 9.85. The van der Waals surface area contributed by atoms with Crippen molar-refractivity contribution in [1.82, 2.24) is 25.5 Å². The normalized spacial score (nSPS) is 25.4. The van der Waals surface area contributed by atoms with Gasteiger partial charge in [0.25, 0.3) is 0 Å². The molecule has 1 aliphatic carbocycles. The van der Waals surface area contributed by atoms with Gasteiger partial charge in [-0.15, -0.1) is 10.2 Å². The van der Waals surface area contributed by atoms with Crippen molar-refractivity contribution in [3.05, 3.63) is 11.8 Å². The number of urea groups is 1. The first-order valence-corrected chi connectivity index (χ1v) is 9.76. The zero-order chi connectivity index (χ0) is 20.1. The van der Waals surface area contributed by atoms with Gasteiger partial charge in [0, 0.05) is 19.5 Å². The monoisotopic (exact) mass is 393 g/mol. The van der Waals surface area contributed by atoms with Crippen molar-refractivity contribution in [1.29, 1.82) is 0 Å². The number of hydrogen-bond acceptors (Lipinski definition) is 7. The van der Waals surface area contributed by atoms with Crippen molar-refractivity contribution in [3.63, 3.8) is 0 Å². The lowest BCUT2D eigenvalue weighted by Gasteiger charge is -2.34. The number of nitrogens with one attached hydrogen (secondary N) is 1. The van der Waals surface area contributed by atoms with Gasteiger partial charge in [-0.1, -0.05) is 0 Å². The Bertz CT molecular complexity index is 769. The van der Waals surface area contributed by atoms with E-state index in [1.165, 1.54) is 0 Å². The van der Waals surface area contributed by atoms with E-state index in [-0.39, 0.29) is 23.5 Å². The van der Waals surface area contributed by atoms with E-state index in [1.807, 2.05) is 20.8 Å². The number of hydroxylamine groups is 2. The summed E-state index contributed by atoms with van der Waals surface area (Å²) in [5.41, 5.74) is -0.547. The van der Waals surface area contributed by atoms with E-state index < -0.39 is 11.7 Å². The first-order valence-electron chi connectivity index (χ1n) is 9.76. The number of alkyl carbamates (subject to hydrolysis) is 1. The Balaban J connectivity index is 1.31. The summed E-state index contributed by atoms with van der Waals surface area (Å²) in [5, 5.41) is 21.9. The summed E-state index contributed by atoms with van der Waals surface area (Å²) in [6.45, 7) is 6.37. The second kappa shape index (κ2) is 6.61. The van der Waals surface area contributed by atoms with Crippen LogP contribution in [0.3, 0.4) is 0 Å². The molecule has 10 heteroatoms. The molecule has 28 heavy (non-hydrogen) atoms. The largest absolute Gasteiger partial charge is 0.444 e. The number of fused-ring (bicyclic) bond motifs is 3. The fraction of sp³-hybridized carbons (Fsp3) is 0.778. The van der Waals surface area contributed by atoms with Gasteiger partial charge < -0.3 is 19.4 Å². The third-order valence-electron chi connectivity index (χ3n) is 5.68. The Kier molecular flexibility index (Phi) is 4.48. The molecule has 2 atom stereocenters. The van der Waals surface area contributed by atoms with Crippen LogP contribution >= 0.6 is 0 Å². The van der Waals surface area contributed by atoms with Gasteiger partial charge in [0.05, 0.1) is 6.04 Å². The summed E-state index contributed by atoms with van der Waals surface area (Å²) in [6.07, 6.45) is 3.44. The minimum absolute atomic E-state index is 0.0198. The number of aromatic nitrogens is 2. The van der Waals surface area contributed by atoms with Crippen LogP contribution in [0.4, 0.5) is 9.59 Å². The summed E-state index contributed by atoms with van der Waals surface area (Å²) in [6, 6.07) is -0.804. The quantitative estimate of drug-likeness (QED) is 0.581. The van der Waals surface area contributed by atoms with E-state index in [1.54, 1.807) is 4.90 Å². The van der Waals surface area contributed by atoms with Crippen LogP contribution in [0.1, 0.15) is 64.3 Å². The van der Waals surface area contributed by atoms with Gasteiger partial charge in [0.15, 0.2) is 0 Å². The molecule has 3 amide bonds. The van der Waals surface area contributed by atoms with Crippen LogP contribution in [0.5, 0.6) is 0 Å². The number of piperidine rings is 1. The minimum atomic E-state index is -0.527. The molecule has 0 aromatic carbocycles. The Labute approximate surface area is 163 Å². The SMILES string of the molecule is CC(C)(C)OC(=O)NCCCc1nnc([C@@H]2CC3(CC3)[C@H]3CN2C(=O)N3O)o1. The van der Waals surface area contributed by atoms with E-state index in [4.69, 9.17) is 9.15 Å². The van der Waals surface area contributed by atoms with E-state index in [0.29, 0.717) is 37.7 Å². The number of amides is 3. The average Bonchev–Trinajstić information content (AvgIpc) is 3.12. The molecule has 0 unspecified atom stereocenters. The highest BCUT2D eigenvalue weighted by Crippen LogP contribution is 2.61. The predicted molar refractivity (Wildman–Crippen MR) is 95.4 cm³/mol. The molecule has 2 bridgehead atoms. The van der Waals surface area contributed by atoms with Crippen LogP contribution in [0.15, 0.2) is 4.42 Å². The highest BCUT2D eigenvalue weighted by Gasteiger charge is 2.63. The third-order valence-corrected chi connectivity index (χ3v) is 5.68. The molecule has 3 fully saturated rings. The van der Waals surface area contributed by atoms with Gasteiger partial charge in [-0.05, 0) is 51.9 Å². The Morgan fingerprint density at radius 1 is 1.39 bits per heavy atom. The molecule has 2 saturated heterocycles. The molecule has 1 aromatic rings. The summed E-state index contributed by atoms with van der Waals surface area (Å²) >= 11 is 0. The summed E-state index contributed by atoms with van der Waals surface area (Å²) < 4.78 is 11.0. The van der Waals surface area contributed by atoms with Crippen molar-refractivity contribution < 1.29 is 24.0 Å². The second-order valence-corrected chi connectivity index (χ2v) is 8.94. The zero-order valence-corrected chi connectivity index (χ0v) is 16.5. The van der Waals surface area contributed by atoms with Crippen LogP contribution in [-0.2, 0) is 11.2 Å². The van der Waals surface area contributed by atoms with Gasteiger partial charge in [0.1, 0.15) is 11.6 Å². The molecule has 10 nitrogen and oxygen atoms in total.